The summed E-state index contributed by atoms with van der Waals surface area (Å²) >= 11 is 0. The fourth-order valence-electron chi connectivity index (χ4n) is 2.39. The Morgan fingerprint density at radius 1 is 1.39 bits per heavy atom. The van der Waals surface area contributed by atoms with Crippen LogP contribution in [0.5, 0.6) is 0 Å². The smallest absolute Gasteiger partial charge is 0.307 e. The first-order valence-electron chi connectivity index (χ1n) is 6.61. The van der Waals surface area contributed by atoms with Crippen LogP contribution >= 0.6 is 0 Å². The third-order valence-corrected chi connectivity index (χ3v) is 3.52. The lowest BCUT2D eigenvalue weighted by atomic mass is 9.98. The molecule has 2 atom stereocenters. The summed E-state index contributed by atoms with van der Waals surface area (Å²) in [6.45, 7) is 6.40. The molecule has 6 heteroatoms. The average Bonchev–Trinajstić information content (AvgIpc) is 2.40. The van der Waals surface area contributed by atoms with Crippen LogP contribution in [0.2, 0.25) is 0 Å². The van der Waals surface area contributed by atoms with Crippen molar-refractivity contribution in [2.75, 3.05) is 52.5 Å². The summed E-state index contributed by atoms with van der Waals surface area (Å²) in [6, 6.07) is 0. The monoisotopic (exact) mass is 258 g/mol. The van der Waals surface area contributed by atoms with E-state index in [-0.39, 0.29) is 12.0 Å². The third kappa shape index (κ3) is 4.20. The number of nitrogens with zero attached hydrogens (tertiary/aromatic N) is 1. The highest BCUT2D eigenvalue weighted by Gasteiger charge is 2.27. The van der Waals surface area contributed by atoms with Gasteiger partial charge in [0, 0.05) is 32.7 Å². The van der Waals surface area contributed by atoms with Gasteiger partial charge in [-0.1, -0.05) is 0 Å². The lowest BCUT2D eigenvalue weighted by Gasteiger charge is -2.30. The van der Waals surface area contributed by atoms with Crippen LogP contribution in [0, 0.1) is 5.92 Å². The van der Waals surface area contributed by atoms with Crippen LogP contribution in [0.15, 0.2) is 0 Å². The number of aliphatic carboxylic acids is 1. The van der Waals surface area contributed by atoms with Crippen molar-refractivity contribution < 1.29 is 19.4 Å². The number of carbonyl (C=O) groups is 1. The first-order valence-corrected chi connectivity index (χ1v) is 6.61. The van der Waals surface area contributed by atoms with Crippen LogP contribution in [-0.4, -0.2) is 74.6 Å². The SMILES string of the molecule is O=C(O)C1CNCC(OCCN2CCOCC2)C1. The number of nitrogens with one attached hydrogen (secondary N) is 1. The van der Waals surface area contributed by atoms with Crippen LogP contribution in [0.25, 0.3) is 0 Å². The van der Waals surface area contributed by atoms with E-state index in [1.54, 1.807) is 0 Å². The molecule has 2 unspecified atom stereocenters. The van der Waals surface area contributed by atoms with Gasteiger partial charge in [-0.15, -0.1) is 0 Å². The van der Waals surface area contributed by atoms with E-state index >= 15 is 0 Å². The zero-order chi connectivity index (χ0) is 12.8. The first-order chi connectivity index (χ1) is 8.75. The molecular weight excluding hydrogens is 236 g/mol. The van der Waals surface area contributed by atoms with Crippen molar-refractivity contribution in [1.29, 1.82) is 0 Å². The lowest BCUT2D eigenvalue weighted by molar-refractivity contribution is -0.144. The van der Waals surface area contributed by atoms with Crippen molar-refractivity contribution in [3.8, 4) is 0 Å². The summed E-state index contributed by atoms with van der Waals surface area (Å²) in [5.74, 6) is -1.05. The van der Waals surface area contributed by atoms with Gasteiger partial charge in [-0.3, -0.25) is 9.69 Å². The van der Waals surface area contributed by atoms with Crippen LogP contribution in [0.3, 0.4) is 0 Å². The molecule has 0 spiro atoms. The zero-order valence-electron chi connectivity index (χ0n) is 10.6. The zero-order valence-corrected chi connectivity index (χ0v) is 10.6. The highest BCUT2D eigenvalue weighted by Crippen LogP contribution is 2.13. The fourth-order valence-corrected chi connectivity index (χ4v) is 2.39. The Morgan fingerprint density at radius 3 is 2.89 bits per heavy atom. The molecule has 0 amide bonds. The van der Waals surface area contributed by atoms with Crippen LogP contribution in [-0.2, 0) is 14.3 Å². The molecular formula is C12H22N2O4. The van der Waals surface area contributed by atoms with Crippen LogP contribution < -0.4 is 5.32 Å². The summed E-state index contributed by atoms with van der Waals surface area (Å²) in [5.41, 5.74) is 0. The predicted octanol–water partition coefficient (Wildman–Crippen LogP) is -0.602. The van der Waals surface area contributed by atoms with Gasteiger partial charge in [0.15, 0.2) is 0 Å². The largest absolute Gasteiger partial charge is 0.481 e. The number of hydrogen-bond donors (Lipinski definition) is 2. The summed E-state index contributed by atoms with van der Waals surface area (Å²) in [4.78, 5) is 13.2. The summed E-state index contributed by atoms with van der Waals surface area (Å²) in [7, 11) is 0. The Hall–Kier alpha value is -0.690. The molecule has 104 valence electrons. The maximum atomic E-state index is 10.9. The molecule has 2 fully saturated rings. The minimum absolute atomic E-state index is 0.0286. The number of carboxylic acid groups (broad SMARTS) is 1. The van der Waals surface area contributed by atoms with E-state index in [0.717, 1.165) is 39.4 Å². The molecule has 0 radical (unpaired) electrons. The van der Waals surface area contributed by atoms with E-state index in [0.29, 0.717) is 19.6 Å². The molecule has 0 saturated carbocycles. The van der Waals surface area contributed by atoms with Gasteiger partial charge in [0.2, 0.25) is 0 Å². The molecule has 2 N–H and O–H groups in total. The van der Waals surface area contributed by atoms with Gasteiger partial charge in [0.25, 0.3) is 0 Å². The molecule has 0 aliphatic carbocycles. The van der Waals surface area contributed by atoms with E-state index in [1.807, 2.05) is 0 Å². The maximum Gasteiger partial charge on any atom is 0.307 e. The van der Waals surface area contributed by atoms with E-state index in [9.17, 15) is 4.79 Å². The van der Waals surface area contributed by atoms with Gasteiger partial charge in [0.1, 0.15) is 0 Å². The third-order valence-electron chi connectivity index (χ3n) is 3.52. The minimum atomic E-state index is -0.732. The van der Waals surface area contributed by atoms with Gasteiger partial charge >= 0.3 is 5.97 Å². The van der Waals surface area contributed by atoms with Crippen LogP contribution in [0.4, 0.5) is 0 Å². The normalized spacial score (nSPS) is 30.2. The molecule has 2 rings (SSSR count). The fraction of sp³-hybridized carbons (Fsp3) is 0.917. The first kappa shape index (κ1) is 13.7. The van der Waals surface area contributed by atoms with Crippen molar-refractivity contribution >= 4 is 5.97 Å². The van der Waals surface area contributed by atoms with Crippen molar-refractivity contribution in [2.45, 2.75) is 12.5 Å². The van der Waals surface area contributed by atoms with E-state index in [4.69, 9.17) is 14.6 Å². The number of ether oxygens (including phenoxy) is 2. The highest BCUT2D eigenvalue weighted by molar-refractivity contribution is 5.70. The van der Waals surface area contributed by atoms with Crippen molar-refractivity contribution in [3.63, 3.8) is 0 Å². The summed E-state index contributed by atoms with van der Waals surface area (Å²) < 4.78 is 11.0. The quantitative estimate of drug-likeness (QED) is 0.686. The molecule has 2 saturated heterocycles. The maximum absolute atomic E-state index is 10.9. The number of rotatable bonds is 5. The molecule has 0 aromatic heterocycles. The molecule has 2 aliphatic heterocycles. The number of piperidine rings is 1. The lowest BCUT2D eigenvalue weighted by Crippen LogP contribution is -2.45. The minimum Gasteiger partial charge on any atom is -0.481 e. The Morgan fingerprint density at radius 2 is 2.17 bits per heavy atom. The Balaban J connectivity index is 1.62. The molecule has 0 bridgehead atoms. The van der Waals surface area contributed by atoms with E-state index < -0.39 is 5.97 Å². The highest BCUT2D eigenvalue weighted by atomic mass is 16.5. The second-order valence-electron chi connectivity index (χ2n) is 4.88. The Kier molecular flexibility index (Phi) is 5.37. The standard InChI is InChI=1S/C12H22N2O4/c15-12(16)10-7-11(9-13-8-10)18-6-3-14-1-4-17-5-2-14/h10-11,13H,1-9H2,(H,15,16). The van der Waals surface area contributed by atoms with E-state index in [2.05, 4.69) is 10.2 Å². The molecule has 18 heavy (non-hydrogen) atoms. The van der Waals surface area contributed by atoms with Gasteiger partial charge in [-0.25, -0.2) is 0 Å². The summed E-state index contributed by atoms with van der Waals surface area (Å²) in [5, 5.41) is 12.1. The second kappa shape index (κ2) is 7.04. The van der Waals surface area contributed by atoms with Gasteiger partial charge in [-0.05, 0) is 6.42 Å². The van der Waals surface area contributed by atoms with Crippen molar-refractivity contribution in [2.24, 2.45) is 5.92 Å². The van der Waals surface area contributed by atoms with Gasteiger partial charge in [0.05, 0.1) is 31.8 Å². The molecule has 6 nitrogen and oxygen atoms in total. The average molecular weight is 258 g/mol. The van der Waals surface area contributed by atoms with Crippen LogP contribution in [0.1, 0.15) is 6.42 Å². The van der Waals surface area contributed by atoms with Crippen molar-refractivity contribution in [3.05, 3.63) is 0 Å². The molecule has 2 aliphatic rings. The Labute approximate surface area is 107 Å². The van der Waals surface area contributed by atoms with Gasteiger partial charge < -0.3 is 19.9 Å². The molecule has 0 aromatic rings. The number of hydrogen-bond acceptors (Lipinski definition) is 5. The predicted molar refractivity (Wildman–Crippen MR) is 65.6 cm³/mol. The van der Waals surface area contributed by atoms with Gasteiger partial charge in [-0.2, -0.15) is 0 Å². The number of carboxylic acids is 1. The molecule has 2 heterocycles. The topological polar surface area (TPSA) is 71.0 Å². The number of morpholine rings is 1. The van der Waals surface area contributed by atoms with Crippen molar-refractivity contribution in [1.82, 2.24) is 10.2 Å². The second-order valence-corrected chi connectivity index (χ2v) is 4.88. The van der Waals surface area contributed by atoms with E-state index in [1.165, 1.54) is 0 Å². The Bertz CT molecular complexity index is 269. The molecule has 0 aromatic carbocycles. The summed E-state index contributed by atoms with van der Waals surface area (Å²) in [6.07, 6.45) is 0.645.